The van der Waals surface area contributed by atoms with Gasteiger partial charge >= 0.3 is 0 Å². The van der Waals surface area contributed by atoms with Crippen LogP contribution < -0.4 is 20.7 Å². The fourth-order valence-corrected chi connectivity index (χ4v) is 4.80. The predicted octanol–water partition coefficient (Wildman–Crippen LogP) is 3.90. The third-order valence-electron chi connectivity index (χ3n) is 7.00. The van der Waals surface area contributed by atoms with Gasteiger partial charge in [-0.2, -0.15) is 0 Å². The van der Waals surface area contributed by atoms with Gasteiger partial charge in [-0.1, -0.05) is 76.6 Å². The van der Waals surface area contributed by atoms with Crippen molar-refractivity contribution in [3.05, 3.63) is 71.9 Å². The minimum absolute atomic E-state index is 0.0523. The molecule has 0 spiro atoms. The molecular weight excluding hydrogens is 492 g/mol. The van der Waals surface area contributed by atoms with Crippen LogP contribution in [0.4, 0.5) is 0 Å². The molecule has 8 heteroatoms. The third kappa shape index (κ3) is 8.17. The van der Waals surface area contributed by atoms with E-state index < -0.39 is 30.1 Å². The van der Waals surface area contributed by atoms with E-state index in [1.54, 1.807) is 12.3 Å². The predicted molar refractivity (Wildman–Crippen MR) is 154 cm³/mol. The molecule has 3 amide bonds. The maximum Gasteiger partial charge on any atom is 0.247 e. The van der Waals surface area contributed by atoms with Gasteiger partial charge in [0.2, 0.25) is 17.7 Å². The van der Waals surface area contributed by atoms with Crippen molar-refractivity contribution in [1.29, 1.82) is 0 Å². The number of nitrogens with one attached hydrogen (secondary N) is 3. The monoisotopic (exact) mass is 534 g/mol. The minimum atomic E-state index is -1.10. The van der Waals surface area contributed by atoms with Crippen molar-refractivity contribution < 1.29 is 19.1 Å². The average molecular weight is 535 g/mol. The lowest BCUT2D eigenvalue weighted by atomic mass is 9.95. The van der Waals surface area contributed by atoms with Crippen LogP contribution in [0.5, 0.6) is 5.75 Å². The zero-order valence-corrected chi connectivity index (χ0v) is 23.8. The van der Waals surface area contributed by atoms with Crippen LogP contribution in [0.25, 0.3) is 6.08 Å². The zero-order valence-electron chi connectivity index (χ0n) is 23.8. The van der Waals surface area contributed by atoms with Crippen LogP contribution in [0.2, 0.25) is 0 Å². The summed E-state index contributed by atoms with van der Waals surface area (Å²) in [5.74, 6) is -0.334. The summed E-state index contributed by atoms with van der Waals surface area (Å²) < 4.78 is 6.44. The molecular formula is C31H42N4O4. The summed E-state index contributed by atoms with van der Waals surface area (Å²) >= 11 is 0. The minimum Gasteiger partial charge on any atom is -0.483 e. The van der Waals surface area contributed by atoms with Crippen molar-refractivity contribution in [3.63, 3.8) is 0 Å². The lowest BCUT2D eigenvalue weighted by molar-refractivity contribution is -0.136. The van der Waals surface area contributed by atoms with Crippen LogP contribution in [0, 0.1) is 11.8 Å². The van der Waals surface area contributed by atoms with Gasteiger partial charge in [0, 0.05) is 6.20 Å². The highest BCUT2D eigenvalue weighted by molar-refractivity contribution is 5.94. The second kappa shape index (κ2) is 13.9. The number of nitrogens with zero attached hydrogens (tertiary/aromatic N) is 1. The smallest absolute Gasteiger partial charge is 0.247 e. The van der Waals surface area contributed by atoms with E-state index in [9.17, 15) is 14.4 Å². The first-order valence-corrected chi connectivity index (χ1v) is 13.7. The summed E-state index contributed by atoms with van der Waals surface area (Å²) in [5.41, 5.74) is 1.61. The largest absolute Gasteiger partial charge is 0.483 e. The summed E-state index contributed by atoms with van der Waals surface area (Å²) in [4.78, 5) is 42.7. The van der Waals surface area contributed by atoms with Crippen molar-refractivity contribution in [2.45, 2.75) is 64.8 Å². The van der Waals surface area contributed by atoms with E-state index in [1.807, 2.05) is 101 Å². The van der Waals surface area contributed by atoms with Gasteiger partial charge in [-0.25, -0.2) is 0 Å². The van der Waals surface area contributed by atoms with E-state index in [1.165, 1.54) is 0 Å². The lowest BCUT2D eigenvalue weighted by Crippen LogP contribution is -2.59. The number of likely N-dealkylation sites (N-methyl/N-ethyl adjacent to an activating group) is 1. The number of ether oxygens (including phenoxy) is 1. The highest BCUT2D eigenvalue weighted by Crippen LogP contribution is 2.27. The van der Waals surface area contributed by atoms with E-state index in [-0.39, 0.29) is 23.7 Å². The van der Waals surface area contributed by atoms with Gasteiger partial charge in [0.25, 0.3) is 0 Å². The normalized spacial score (nSPS) is 21.5. The molecule has 2 aromatic carbocycles. The first-order chi connectivity index (χ1) is 18.6. The Bertz CT molecular complexity index is 1130. The van der Waals surface area contributed by atoms with Gasteiger partial charge in [-0.05, 0) is 61.7 Å². The molecule has 4 rings (SSSR count). The van der Waals surface area contributed by atoms with Crippen molar-refractivity contribution in [3.8, 4) is 5.75 Å². The molecule has 2 aromatic rings. The Morgan fingerprint density at radius 2 is 1.67 bits per heavy atom. The van der Waals surface area contributed by atoms with Crippen LogP contribution in [0.15, 0.2) is 60.8 Å². The molecule has 3 N–H and O–H groups in total. The first-order valence-electron chi connectivity index (χ1n) is 13.7. The Labute approximate surface area is 232 Å². The van der Waals surface area contributed by atoms with Gasteiger partial charge in [0.15, 0.2) is 6.10 Å². The Kier molecular flexibility index (Phi) is 10.7. The highest BCUT2D eigenvalue weighted by atomic mass is 16.5. The molecule has 2 heterocycles. The van der Waals surface area contributed by atoms with Crippen molar-refractivity contribution in [2.75, 3.05) is 14.1 Å². The SMILES string of the molecule is CC[C@@H](C)[C@@H](C(=O)N[C@@H]1C(=O)N[C@@H](CC(C)C)C(=O)NC=Cc2ccc(cc2)O[C@@H]1c1ccccc1)N(C)C. The Balaban J connectivity index is 2.11. The lowest BCUT2D eigenvalue weighted by Gasteiger charge is -2.34. The standard InChI is InChI=1S/C31H42N4O4/c1-7-21(4)27(35(5)6)31(38)34-26-28(23-11-9-8-10-12-23)39-24-15-13-22(14-16-24)17-18-32-29(36)25(19-20(2)3)33-30(26)37/h8-18,20-21,25-28H,7,19H2,1-6H3,(H,32,36)(H,33,37)(H,34,38)/t21-,25+,26+,27+,28-/m1/s1. The van der Waals surface area contributed by atoms with Crippen LogP contribution in [0.1, 0.15) is 57.8 Å². The molecule has 5 atom stereocenters. The zero-order chi connectivity index (χ0) is 28.5. The molecule has 0 unspecified atom stereocenters. The van der Waals surface area contributed by atoms with Gasteiger partial charge in [0.05, 0.1) is 6.04 Å². The van der Waals surface area contributed by atoms with Gasteiger partial charge in [0.1, 0.15) is 17.8 Å². The summed E-state index contributed by atoms with van der Waals surface area (Å²) in [6.45, 7) is 8.03. The number of amides is 3. The second-order valence-electron chi connectivity index (χ2n) is 10.8. The summed E-state index contributed by atoms with van der Waals surface area (Å²) in [6.07, 6.45) is 3.74. The van der Waals surface area contributed by atoms with Gasteiger partial charge in [-0.3, -0.25) is 19.3 Å². The molecule has 0 saturated carbocycles. The topological polar surface area (TPSA) is 99.8 Å². The van der Waals surface area contributed by atoms with Crippen molar-refractivity contribution >= 4 is 23.8 Å². The second-order valence-corrected chi connectivity index (χ2v) is 10.8. The fraction of sp³-hybridized carbons (Fsp3) is 0.452. The van der Waals surface area contributed by atoms with E-state index in [0.717, 1.165) is 17.5 Å². The number of carbonyl (C=O) groups excluding carboxylic acids is 3. The van der Waals surface area contributed by atoms with E-state index in [0.29, 0.717) is 12.2 Å². The summed E-state index contributed by atoms with van der Waals surface area (Å²) in [7, 11) is 3.71. The van der Waals surface area contributed by atoms with E-state index in [4.69, 9.17) is 4.74 Å². The molecule has 0 aromatic heterocycles. The fourth-order valence-electron chi connectivity index (χ4n) is 4.80. The highest BCUT2D eigenvalue weighted by Gasteiger charge is 2.38. The number of hydrogen-bond donors (Lipinski definition) is 3. The molecule has 0 aliphatic carbocycles. The maximum absolute atomic E-state index is 14.0. The molecule has 8 nitrogen and oxygen atoms in total. The maximum atomic E-state index is 14.0. The molecule has 0 saturated heterocycles. The summed E-state index contributed by atoms with van der Waals surface area (Å²) in [6, 6.07) is 14.4. The van der Waals surface area contributed by atoms with E-state index in [2.05, 4.69) is 16.0 Å². The van der Waals surface area contributed by atoms with Gasteiger partial charge in [-0.15, -0.1) is 0 Å². The Morgan fingerprint density at radius 1 is 1.00 bits per heavy atom. The molecule has 2 bridgehead atoms. The number of hydrogen-bond acceptors (Lipinski definition) is 5. The van der Waals surface area contributed by atoms with Crippen molar-refractivity contribution in [2.24, 2.45) is 11.8 Å². The molecule has 210 valence electrons. The molecule has 0 fully saturated rings. The number of fused-ring (bicyclic) bond motifs is 10. The van der Waals surface area contributed by atoms with Crippen LogP contribution in [-0.2, 0) is 14.4 Å². The van der Waals surface area contributed by atoms with Crippen LogP contribution >= 0.6 is 0 Å². The number of rotatable bonds is 8. The molecule has 0 radical (unpaired) electrons. The van der Waals surface area contributed by atoms with Crippen LogP contribution in [-0.4, -0.2) is 54.8 Å². The van der Waals surface area contributed by atoms with Crippen LogP contribution in [0.3, 0.4) is 0 Å². The Morgan fingerprint density at radius 3 is 2.26 bits per heavy atom. The van der Waals surface area contributed by atoms with Crippen molar-refractivity contribution in [1.82, 2.24) is 20.9 Å². The molecule has 2 aliphatic heterocycles. The van der Waals surface area contributed by atoms with E-state index >= 15 is 0 Å². The number of carbonyl (C=O) groups is 3. The average Bonchev–Trinajstić information content (AvgIpc) is 2.90. The molecule has 39 heavy (non-hydrogen) atoms. The third-order valence-corrected chi connectivity index (χ3v) is 7.00. The van der Waals surface area contributed by atoms with Gasteiger partial charge < -0.3 is 20.7 Å². The first kappa shape index (κ1) is 29.9. The molecule has 2 aliphatic rings. The number of benzene rings is 2. The Hall–Kier alpha value is -3.65. The quantitative estimate of drug-likeness (QED) is 0.477. The summed E-state index contributed by atoms with van der Waals surface area (Å²) in [5, 5.41) is 8.72.